The Balaban J connectivity index is 1.31. The van der Waals surface area contributed by atoms with Crippen LogP contribution in [0.4, 0.5) is 9.52 Å². The molecule has 32 heavy (non-hydrogen) atoms. The second-order valence-electron chi connectivity index (χ2n) is 8.11. The van der Waals surface area contributed by atoms with Gasteiger partial charge in [-0.1, -0.05) is 41.7 Å². The number of hydrogen-bond donors (Lipinski definition) is 1. The number of nitrogens with one attached hydrogen (secondary N) is 1. The first-order chi connectivity index (χ1) is 15.6. The average Bonchev–Trinajstić information content (AvgIpc) is 3.40. The number of hydrogen-bond acceptors (Lipinski definition) is 5. The van der Waals surface area contributed by atoms with Crippen molar-refractivity contribution in [3.63, 3.8) is 0 Å². The zero-order valence-corrected chi connectivity index (χ0v) is 18.6. The summed E-state index contributed by atoms with van der Waals surface area (Å²) in [4.78, 5) is 19.9. The van der Waals surface area contributed by atoms with Crippen molar-refractivity contribution in [2.75, 3.05) is 18.0 Å². The van der Waals surface area contributed by atoms with Gasteiger partial charge in [0.2, 0.25) is 5.91 Å². The van der Waals surface area contributed by atoms with Gasteiger partial charge in [-0.3, -0.25) is 4.79 Å². The predicted octanol–water partition coefficient (Wildman–Crippen LogP) is 4.46. The van der Waals surface area contributed by atoms with Crippen LogP contribution in [-0.2, 0) is 11.3 Å². The van der Waals surface area contributed by atoms with Gasteiger partial charge in [0, 0.05) is 19.6 Å². The van der Waals surface area contributed by atoms with E-state index in [1.807, 2.05) is 41.9 Å². The van der Waals surface area contributed by atoms with Gasteiger partial charge < -0.3 is 10.2 Å². The van der Waals surface area contributed by atoms with Crippen molar-refractivity contribution in [1.29, 1.82) is 0 Å². The monoisotopic (exact) mass is 449 g/mol. The van der Waals surface area contributed by atoms with Gasteiger partial charge in [0.1, 0.15) is 5.82 Å². The van der Waals surface area contributed by atoms with Crippen molar-refractivity contribution in [2.24, 2.45) is 5.92 Å². The summed E-state index contributed by atoms with van der Waals surface area (Å²) < 4.78 is 16.0. The smallest absolute Gasteiger partial charge is 0.225 e. The summed E-state index contributed by atoms with van der Waals surface area (Å²) in [5.74, 6) is -0.334. The Morgan fingerprint density at radius 1 is 1.19 bits per heavy atom. The summed E-state index contributed by atoms with van der Waals surface area (Å²) in [6.07, 6.45) is 1.79. The van der Waals surface area contributed by atoms with Gasteiger partial charge in [0.15, 0.2) is 10.8 Å². The summed E-state index contributed by atoms with van der Waals surface area (Å²) in [5, 5.41) is 8.60. The Bertz CT molecular complexity index is 1230. The van der Waals surface area contributed by atoms with Gasteiger partial charge in [-0.15, -0.1) is 0 Å². The van der Waals surface area contributed by atoms with Crippen molar-refractivity contribution in [3.8, 4) is 5.69 Å². The molecule has 0 saturated carbocycles. The number of carbonyl (C=O) groups excluding carboxylic acids is 1. The molecule has 3 heterocycles. The molecule has 0 aliphatic carbocycles. The maximum absolute atomic E-state index is 13.1. The Labute approximate surface area is 189 Å². The predicted molar refractivity (Wildman–Crippen MR) is 125 cm³/mol. The number of carbonyl (C=O) groups is 1. The lowest BCUT2D eigenvalue weighted by Crippen LogP contribution is -2.43. The molecule has 1 aliphatic rings. The topological polar surface area (TPSA) is 63.1 Å². The third-order valence-electron chi connectivity index (χ3n) is 5.82. The number of amides is 1. The van der Waals surface area contributed by atoms with Gasteiger partial charge in [0.05, 0.1) is 22.0 Å². The van der Waals surface area contributed by atoms with Crippen LogP contribution in [0.1, 0.15) is 24.1 Å². The SMILES string of the molecule is Cc1nn(-c2ccccc2)c2nc(N3CCCC(C(=O)NCc4ccc(F)cc4)C3)sc12. The number of nitrogens with zero attached hydrogens (tertiary/aromatic N) is 4. The van der Waals surface area contributed by atoms with Crippen LogP contribution < -0.4 is 10.2 Å². The number of aromatic nitrogens is 3. The molecule has 6 nitrogen and oxygen atoms in total. The summed E-state index contributed by atoms with van der Waals surface area (Å²) in [7, 11) is 0. The Morgan fingerprint density at radius 2 is 1.97 bits per heavy atom. The third kappa shape index (κ3) is 4.10. The molecule has 0 spiro atoms. The molecule has 8 heteroatoms. The van der Waals surface area contributed by atoms with Crippen LogP contribution in [0.5, 0.6) is 0 Å². The quantitative estimate of drug-likeness (QED) is 0.489. The lowest BCUT2D eigenvalue weighted by molar-refractivity contribution is -0.125. The molecule has 1 aliphatic heterocycles. The van der Waals surface area contributed by atoms with E-state index in [0.717, 1.165) is 51.8 Å². The highest BCUT2D eigenvalue weighted by Gasteiger charge is 2.28. The van der Waals surface area contributed by atoms with Crippen LogP contribution in [-0.4, -0.2) is 33.8 Å². The van der Waals surface area contributed by atoms with E-state index in [9.17, 15) is 9.18 Å². The van der Waals surface area contributed by atoms with Crippen LogP contribution in [0.2, 0.25) is 0 Å². The zero-order valence-electron chi connectivity index (χ0n) is 17.8. The van der Waals surface area contributed by atoms with Gasteiger partial charge in [-0.05, 0) is 49.6 Å². The summed E-state index contributed by atoms with van der Waals surface area (Å²) >= 11 is 1.64. The highest BCUT2D eigenvalue weighted by molar-refractivity contribution is 7.22. The minimum absolute atomic E-state index is 0.0341. The van der Waals surface area contributed by atoms with E-state index in [-0.39, 0.29) is 17.6 Å². The molecular formula is C24H24FN5OS. The Hall–Kier alpha value is -3.26. The van der Waals surface area contributed by atoms with E-state index in [1.54, 1.807) is 23.5 Å². The van der Waals surface area contributed by atoms with E-state index in [0.29, 0.717) is 13.1 Å². The zero-order chi connectivity index (χ0) is 22.1. The molecule has 0 radical (unpaired) electrons. The van der Waals surface area contributed by atoms with Crippen LogP contribution in [0.3, 0.4) is 0 Å². The number of piperidine rings is 1. The number of halogens is 1. The molecule has 1 saturated heterocycles. The molecule has 0 bridgehead atoms. The minimum Gasteiger partial charge on any atom is -0.352 e. The Morgan fingerprint density at radius 3 is 2.75 bits per heavy atom. The highest BCUT2D eigenvalue weighted by atomic mass is 32.1. The van der Waals surface area contributed by atoms with Gasteiger partial charge in [-0.25, -0.2) is 9.07 Å². The van der Waals surface area contributed by atoms with Crippen molar-refractivity contribution in [1.82, 2.24) is 20.1 Å². The standard InChI is InChI=1S/C24H24FN5OS/c1-16-21-22(30(28-16)20-7-3-2-4-8-20)27-24(32-21)29-13-5-6-18(15-29)23(31)26-14-17-9-11-19(25)12-10-17/h2-4,7-12,18H,5-6,13-15H2,1H3,(H,26,31). The molecular weight excluding hydrogens is 425 g/mol. The summed E-state index contributed by atoms with van der Waals surface area (Å²) in [5.41, 5.74) is 3.69. The first kappa shape index (κ1) is 20.6. The molecule has 164 valence electrons. The highest BCUT2D eigenvalue weighted by Crippen LogP contribution is 2.34. The molecule has 1 fully saturated rings. The maximum Gasteiger partial charge on any atom is 0.225 e. The van der Waals surface area contributed by atoms with E-state index in [1.165, 1.54) is 12.1 Å². The number of benzene rings is 2. The first-order valence-corrected chi connectivity index (χ1v) is 11.6. The summed E-state index contributed by atoms with van der Waals surface area (Å²) in [6.45, 7) is 3.94. The van der Waals surface area contributed by atoms with Gasteiger partial charge >= 0.3 is 0 Å². The fourth-order valence-corrected chi connectivity index (χ4v) is 5.13. The normalized spacial score (nSPS) is 16.4. The number of rotatable bonds is 5. The second kappa shape index (κ2) is 8.70. The van der Waals surface area contributed by atoms with E-state index < -0.39 is 0 Å². The van der Waals surface area contributed by atoms with Crippen molar-refractivity contribution >= 4 is 32.7 Å². The maximum atomic E-state index is 13.1. The first-order valence-electron chi connectivity index (χ1n) is 10.8. The number of aryl methyl sites for hydroxylation is 1. The van der Waals surface area contributed by atoms with Crippen molar-refractivity contribution in [2.45, 2.75) is 26.3 Å². The molecule has 2 aromatic carbocycles. The Kier molecular flexibility index (Phi) is 5.61. The van der Waals surface area contributed by atoms with Crippen LogP contribution in [0.15, 0.2) is 54.6 Å². The lowest BCUT2D eigenvalue weighted by Gasteiger charge is -2.31. The second-order valence-corrected chi connectivity index (χ2v) is 9.09. The number of para-hydroxylation sites is 1. The minimum atomic E-state index is -0.274. The van der Waals surface area contributed by atoms with Crippen LogP contribution >= 0.6 is 11.3 Å². The number of thiazole rings is 1. The van der Waals surface area contributed by atoms with Crippen molar-refractivity contribution < 1.29 is 9.18 Å². The number of anilines is 1. The number of fused-ring (bicyclic) bond motifs is 1. The van der Waals surface area contributed by atoms with Gasteiger partial charge in [0.25, 0.3) is 0 Å². The fourth-order valence-electron chi connectivity index (χ4n) is 4.11. The largest absolute Gasteiger partial charge is 0.352 e. The van der Waals surface area contributed by atoms with Crippen LogP contribution in [0, 0.1) is 18.7 Å². The molecule has 1 atom stereocenters. The average molecular weight is 450 g/mol. The molecule has 1 N–H and O–H groups in total. The molecule has 5 rings (SSSR count). The lowest BCUT2D eigenvalue weighted by atomic mass is 9.97. The molecule has 1 amide bonds. The van der Waals surface area contributed by atoms with Gasteiger partial charge in [-0.2, -0.15) is 10.1 Å². The van der Waals surface area contributed by atoms with Crippen molar-refractivity contribution in [3.05, 3.63) is 71.7 Å². The van der Waals surface area contributed by atoms with E-state index in [2.05, 4.69) is 15.3 Å². The van der Waals surface area contributed by atoms with Crippen LogP contribution in [0.25, 0.3) is 16.0 Å². The van der Waals surface area contributed by atoms with E-state index in [4.69, 9.17) is 4.98 Å². The molecule has 2 aromatic heterocycles. The molecule has 4 aromatic rings. The fraction of sp³-hybridized carbons (Fsp3) is 0.292. The van der Waals surface area contributed by atoms with E-state index >= 15 is 0 Å². The molecule has 1 unspecified atom stereocenters. The summed E-state index contributed by atoms with van der Waals surface area (Å²) in [6, 6.07) is 16.2. The third-order valence-corrected chi connectivity index (χ3v) is 7.03.